The molecule has 1 aromatic heterocycles. The largest absolute Gasteiger partial charge is 0.253 e. The predicted molar refractivity (Wildman–Crippen MR) is 64.4 cm³/mol. The Bertz CT molecular complexity index is 551. The molecule has 0 aliphatic rings. The Labute approximate surface area is 101 Å². The van der Waals surface area contributed by atoms with Gasteiger partial charge in [0.2, 0.25) is 5.13 Å². The van der Waals surface area contributed by atoms with Crippen LogP contribution < -0.4 is 5.43 Å². The van der Waals surface area contributed by atoms with E-state index in [4.69, 9.17) is 0 Å². The van der Waals surface area contributed by atoms with Crippen LogP contribution in [0.2, 0.25) is 0 Å². The molecule has 0 atom stereocenters. The molecule has 0 unspecified atom stereocenters. The van der Waals surface area contributed by atoms with E-state index in [0.717, 1.165) is 11.8 Å². The Hall–Kier alpha value is -1.82. The van der Waals surface area contributed by atoms with Crippen molar-refractivity contribution in [1.82, 2.24) is 4.98 Å². The fourth-order valence-electron chi connectivity index (χ4n) is 1.17. The van der Waals surface area contributed by atoms with E-state index in [2.05, 4.69) is 15.5 Å². The van der Waals surface area contributed by atoms with Crippen molar-refractivity contribution in [2.45, 2.75) is 6.92 Å². The van der Waals surface area contributed by atoms with E-state index >= 15 is 0 Å². The van der Waals surface area contributed by atoms with Gasteiger partial charge >= 0.3 is 0 Å². The number of anilines is 1. The number of hydrogen-bond acceptors (Lipinski definition) is 4. The second-order valence-electron chi connectivity index (χ2n) is 3.33. The van der Waals surface area contributed by atoms with Gasteiger partial charge in [-0.25, -0.2) is 13.8 Å². The number of nitrogens with one attached hydrogen (secondary N) is 1. The Morgan fingerprint density at radius 1 is 1.41 bits per heavy atom. The molecule has 2 aromatic rings. The van der Waals surface area contributed by atoms with Gasteiger partial charge in [0.1, 0.15) is 11.6 Å². The number of hydrogen-bond donors (Lipinski definition) is 1. The maximum Gasteiger partial charge on any atom is 0.203 e. The van der Waals surface area contributed by atoms with Crippen LogP contribution in [-0.4, -0.2) is 11.2 Å². The zero-order valence-corrected chi connectivity index (χ0v) is 9.76. The van der Waals surface area contributed by atoms with E-state index in [9.17, 15) is 8.78 Å². The van der Waals surface area contributed by atoms with Gasteiger partial charge in [0.25, 0.3) is 0 Å². The first-order valence-corrected chi connectivity index (χ1v) is 5.69. The van der Waals surface area contributed by atoms with E-state index in [1.165, 1.54) is 29.7 Å². The van der Waals surface area contributed by atoms with E-state index in [1.54, 1.807) is 0 Å². The number of benzene rings is 1. The lowest BCUT2D eigenvalue weighted by atomic mass is 10.2. The van der Waals surface area contributed by atoms with Gasteiger partial charge in [0.15, 0.2) is 0 Å². The summed E-state index contributed by atoms with van der Waals surface area (Å²) in [6.07, 6.45) is 1.28. The molecule has 0 saturated heterocycles. The molecule has 1 N–H and O–H groups in total. The molecule has 0 fully saturated rings. The van der Waals surface area contributed by atoms with Crippen LogP contribution in [0.5, 0.6) is 0 Å². The minimum Gasteiger partial charge on any atom is -0.253 e. The van der Waals surface area contributed by atoms with Crippen molar-refractivity contribution < 1.29 is 8.78 Å². The van der Waals surface area contributed by atoms with Gasteiger partial charge in [0.05, 0.1) is 11.9 Å². The molecule has 0 radical (unpaired) electrons. The van der Waals surface area contributed by atoms with Crippen LogP contribution in [-0.2, 0) is 0 Å². The third-order valence-electron chi connectivity index (χ3n) is 1.95. The summed E-state index contributed by atoms with van der Waals surface area (Å²) in [5.74, 6) is -1.26. The normalized spacial score (nSPS) is 11.0. The summed E-state index contributed by atoms with van der Waals surface area (Å²) in [4.78, 5) is 4.12. The van der Waals surface area contributed by atoms with Gasteiger partial charge in [-0.15, -0.1) is 11.3 Å². The van der Waals surface area contributed by atoms with Crippen molar-refractivity contribution in [3.8, 4) is 0 Å². The molecule has 88 valence electrons. The maximum absolute atomic E-state index is 13.2. The van der Waals surface area contributed by atoms with Gasteiger partial charge < -0.3 is 0 Å². The zero-order chi connectivity index (χ0) is 12.3. The molecule has 0 spiro atoms. The average molecular weight is 253 g/mol. The average Bonchev–Trinajstić information content (AvgIpc) is 2.68. The molecule has 0 aliphatic heterocycles. The number of rotatable bonds is 3. The highest BCUT2D eigenvalue weighted by Crippen LogP contribution is 2.14. The lowest BCUT2D eigenvalue weighted by Crippen LogP contribution is -1.93. The zero-order valence-electron chi connectivity index (χ0n) is 8.95. The van der Waals surface area contributed by atoms with Crippen molar-refractivity contribution in [3.63, 3.8) is 0 Å². The van der Waals surface area contributed by atoms with Crippen molar-refractivity contribution in [1.29, 1.82) is 0 Å². The Morgan fingerprint density at radius 3 is 2.88 bits per heavy atom. The summed E-state index contributed by atoms with van der Waals surface area (Å²) in [5, 5.41) is 6.32. The first-order valence-electron chi connectivity index (χ1n) is 4.81. The summed E-state index contributed by atoms with van der Waals surface area (Å²) in [7, 11) is 0. The van der Waals surface area contributed by atoms with Crippen LogP contribution >= 0.6 is 11.3 Å². The Morgan fingerprint density at radius 2 is 2.24 bits per heavy atom. The summed E-state index contributed by atoms with van der Waals surface area (Å²) in [6, 6.07) is 3.32. The molecule has 17 heavy (non-hydrogen) atoms. The summed E-state index contributed by atoms with van der Waals surface area (Å²) < 4.78 is 25.8. The minimum absolute atomic E-state index is 0.215. The fraction of sp³-hybridized carbons (Fsp3) is 0.0909. The number of nitrogens with zero attached hydrogens (tertiary/aromatic N) is 2. The summed E-state index contributed by atoms with van der Waals surface area (Å²) in [6.45, 7) is 1.87. The monoisotopic (exact) mass is 253 g/mol. The Balaban J connectivity index is 2.05. The van der Waals surface area contributed by atoms with E-state index in [-0.39, 0.29) is 5.56 Å². The second kappa shape index (κ2) is 5.01. The minimum atomic E-state index is -0.647. The summed E-state index contributed by atoms with van der Waals surface area (Å²) >= 11 is 1.40. The van der Waals surface area contributed by atoms with Crippen LogP contribution in [0.4, 0.5) is 13.9 Å². The number of aryl methyl sites for hydroxylation is 1. The molecule has 0 amide bonds. The molecule has 1 aromatic carbocycles. The lowest BCUT2D eigenvalue weighted by molar-refractivity contribution is 0.582. The highest BCUT2D eigenvalue weighted by Gasteiger charge is 2.00. The second-order valence-corrected chi connectivity index (χ2v) is 4.19. The Kier molecular flexibility index (Phi) is 3.43. The SMILES string of the molecule is Cc1csc(NN=Cc2ccc(F)cc2F)n1. The topological polar surface area (TPSA) is 37.3 Å². The fourth-order valence-corrected chi connectivity index (χ4v) is 1.81. The molecule has 0 aliphatic carbocycles. The third kappa shape index (κ3) is 3.07. The maximum atomic E-state index is 13.2. The lowest BCUT2D eigenvalue weighted by Gasteiger charge is -1.96. The smallest absolute Gasteiger partial charge is 0.203 e. The molecule has 1 heterocycles. The van der Waals surface area contributed by atoms with Crippen molar-refractivity contribution >= 4 is 22.7 Å². The van der Waals surface area contributed by atoms with E-state index < -0.39 is 11.6 Å². The summed E-state index contributed by atoms with van der Waals surface area (Å²) in [5.41, 5.74) is 3.78. The first kappa shape index (κ1) is 11.7. The first-order chi connectivity index (χ1) is 8.15. The van der Waals surface area contributed by atoms with Gasteiger partial charge in [-0.2, -0.15) is 5.10 Å². The van der Waals surface area contributed by atoms with Crippen molar-refractivity contribution in [3.05, 3.63) is 46.5 Å². The van der Waals surface area contributed by atoms with Crippen LogP contribution in [0.15, 0.2) is 28.7 Å². The van der Waals surface area contributed by atoms with Crippen LogP contribution in [0.25, 0.3) is 0 Å². The highest BCUT2D eigenvalue weighted by atomic mass is 32.1. The van der Waals surface area contributed by atoms with Crippen molar-refractivity contribution in [2.75, 3.05) is 5.43 Å². The molecule has 2 rings (SSSR count). The number of halogens is 2. The number of thiazole rings is 1. The van der Waals surface area contributed by atoms with E-state index in [1.807, 2.05) is 12.3 Å². The molecule has 6 heteroatoms. The molecule has 3 nitrogen and oxygen atoms in total. The van der Waals surface area contributed by atoms with Crippen LogP contribution in [0.3, 0.4) is 0 Å². The van der Waals surface area contributed by atoms with Crippen molar-refractivity contribution in [2.24, 2.45) is 5.10 Å². The quantitative estimate of drug-likeness (QED) is 0.673. The third-order valence-corrected chi connectivity index (χ3v) is 2.81. The number of hydrazone groups is 1. The van der Waals surface area contributed by atoms with Gasteiger partial charge in [-0.1, -0.05) is 0 Å². The molecule has 0 saturated carbocycles. The number of aromatic nitrogens is 1. The molecular weight excluding hydrogens is 244 g/mol. The standard InChI is InChI=1S/C11H9F2N3S/c1-7-6-17-11(15-7)16-14-5-8-2-3-9(12)4-10(8)13/h2-6H,1H3,(H,15,16). The van der Waals surface area contributed by atoms with Gasteiger partial charge in [0, 0.05) is 17.0 Å². The van der Waals surface area contributed by atoms with Gasteiger partial charge in [-0.3, -0.25) is 5.43 Å². The molecule has 0 bridgehead atoms. The highest BCUT2D eigenvalue weighted by molar-refractivity contribution is 7.13. The van der Waals surface area contributed by atoms with Crippen LogP contribution in [0.1, 0.15) is 11.3 Å². The molecular formula is C11H9F2N3S. The van der Waals surface area contributed by atoms with Crippen LogP contribution in [0, 0.1) is 18.6 Å². The predicted octanol–water partition coefficient (Wildman–Crippen LogP) is 3.18. The van der Waals surface area contributed by atoms with Gasteiger partial charge in [-0.05, 0) is 19.1 Å². The van der Waals surface area contributed by atoms with E-state index in [0.29, 0.717) is 5.13 Å².